The third-order valence-corrected chi connectivity index (χ3v) is 17.0. The van der Waals surface area contributed by atoms with Crippen LogP contribution in [-0.2, 0) is 10.8 Å². The van der Waals surface area contributed by atoms with E-state index < -0.39 is 0 Å². The van der Waals surface area contributed by atoms with Gasteiger partial charge in [0.05, 0.1) is 0 Å². The molecule has 0 atom stereocenters. The number of hydrogen-bond donors (Lipinski definition) is 0. The molecule has 4 aliphatic carbocycles. The summed E-state index contributed by atoms with van der Waals surface area (Å²) in [6, 6.07) is 90.8. The van der Waals surface area contributed by atoms with Gasteiger partial charge in [-0.3, -0.25) is 0 Å². The van der Waals surface area contributed by atoms with Crippen LogP contribution in [0.3, 0.4) is 0 Å². The average molecular weight is 925 g/mol. The quantitative estimate of drug-likeness (QED) is 0.142. The monoisotopic (exact) mass is 924 g/mol. The van der Waals surface area contributed by atoms with Gasteiger partial charge >= 0.3 is 0 Å². The van der Waals surface area contributed by atoms with E-state index in [9.17, 15) is 0 Å². The molecule has 2 fully saturated rings. The molecular formula is C70H56N2. The van der Waals surface area contributed by atoms with E-state index >= 15 is 0 Å². The first-order valence-electron chi connectivity index (χ1n) is 26.2. The van der Waals surface area contributed by atoms with Crippen molar-refractivity contribution in [3.05, 3.63) is 265 Å². The first-order chi connectivity index (χ1) is 35.6. The molecule has 0 heterocycles. The van der Waals surface area contributed by atoms with Gasteiger partial charge in [0.1, 0.15) is 0 Å². The lowest BCUT2D eigenvalue weighted by Crippen LogP contribution is -2.22. The average Bonchev–Trinajstić information content (AvgIpc) is 4.27. The Morgan fingerprint density at radius 3 is 0.833 bits per heavy atom. The molecule has 0 N–H and O–H groups in total. The molecule has 0 bridgehead atoms. The van der Waals surface area contributed by atoms with Crippen LogP contribution in [0.2, 0.25) is 0 Å². The topological polar surface area (TPSA) is 6.48 Å². The van der Waals surface area contributed by atoms with Crippen LogP contribution in [0.1, 0.15) is 73.6 Å². The molecule has 0 unspecified atom stereocenters. The number of hydrogen-bond acceptors (Lipinski definition) is 2. The summed E-state index contributed by atoms with van der Waals surface area (Å²) in [5.41, 5.74) is 26.1. The summed E-state index contributed by atoms with van der Waals surface area (Å²) in [6.07, 6.45) is 9.97. The van der Waals surface area contributed by atoms with E-state index in [0.717, 1.165) is 17.1 Å². The minimum absolute atomic E-state index is 0.0872. The molecule has 0 saturated heterocycles. The van der Waals surface area contributed by atoms with E-state index in [4.69, 9.17) is 0 Å². The van der Waals surface area contributed by atoms with Crippen molar-refractivity contribution in [1.29, 1.82) is 0 Å². The largest absolute Gasteiger partial charge is 0.311 e. The maximum Gasteiger partial charge on any atom is 0.0465 e. The molecule has 0 aromatic heterocycles. The van der Waals surface area contributed by atoms with Crippen molar-refractivity contribution >= 4 is 34.1 Å². The van der Waals surface area contributed by atoms with Gasteiger partial charge in [0.15, 0.2) is 0 Å². The first kappa shape index (κ1) is 42.7. The fourth-order valence-corrected chi connectivity index (χ4v) is 13.6. The lowest BCUT2D eigenvalue weighted by molar-refractivity contribution is 0.549. The van der Waals surface area contributed by atoms with Crippen molar-refractivity contribution in [2.45, 2.75) is 62.2 Å². The fraction of sp³-hybridized carbons (Fsp3) is 0.143. The lowest BCUT2D eigenvalue weighted by atomic mass is 9.76. The highest BCUT2D eigenvalue weighted by Crippen LogP contribution is 2.60. The molecule has 10 aromatic carbocycles. The zero-order valence-corrected chi connectivity index (χ0v) is 40.6. The van der Waals surface area contributed by atoms with Crippen LogP contribution < -0.4 is 9.80 Å². The Hall–Kier alpha value is -8.20. The van der Waals surface area contributed by atoms with E-state index in [0.29, 0.717) is 0 Å². The highest BCUT2D eigenvalue weighted by molar-refractivity contribution is 5.90. The Kier molecular flexibility index (Phi) is 10.2. The SMILES string of the molecule is c1ccc(-c2ccc(N(c3ccc(-c4ccccc4)cc3)c3ccc(-c4ccc(N(c5ccc6c(c5)C5(CCCC5)c5ccccc5-6)c5ccc6c(c5)C5(CCCC5)c5ccccc5-6)cc4)cc3)cc2)cc1. The van der Waals surface area contributed by atoms with Crippen LogP contribution in [-0.4, -0.2) is 0 Å². The van der Waals surface area contributed by atoms with Crippen molar-refractivity contribution in [3.8, 4) is 55.6 Å². The zero-order valence-electron chi connectivity index (χ0n) is 40.6. The summed E-state index contributed by atoms with van der Waals surface area (Å²) in [4.78, 5) is 4.92. The molecule has 14 rings (SSSR count). The smallest absolute Gasteiger partial charge is 0.0465 e. The third-order valence-electron chi connectivity index (χ3n) is 17.0. The van der Waals surface area contributed by atoms with Gasteiger partial charge in [0.2, 0.25) is 0 Å². The number of benzene rings is 10. The van der Waals surface area contributed by atoms with E-state index in [-0.39, 0.29) is 10.8 Å². The van der Waals surface area contributed by atoms with E-state index in [1.54, 1.807) is 0 Å². The Morgan fingerprint density at radius 2 is 0.486 bits per heavy atom. The van der Waals surface area contributed by atoms with Crippen molar-refractivity contribution < 1.29 is 0 Å². The molecule has 346 valence electrons. The summed E-state index contributed by atoms with van der Waals surface area (Å²) < 4.78 is 0. The zero-order chi connectivity index (χ0) is 47.6. The normalized spacial score (nSPS) is 15.3. The number of anilines is 6. The summed E-state index contributed by atoms with van der Waals surface area (Å²) in [5, 5.41) is 0. The van der Waals surface area contributed by atoms with Gasteiger partial charge in [0, 0.05) is 45.0 Å². The van der Waals surface area contributed by atoms with Crippen LogP contribution in [0.15, 0.2) is 243 Å². The minimum atomic E-state index is 0.0872. The second kappa shape index (κ2) is 17.3. The van der Waals surface area contributed by atoms with Crippen molar-refractivity contribution in [1.82, 2.24) is 0 Å². The van der Waals surface area contributed by atoms with Crippen LogP contribution >= 0.6 is 0 Å². The van der Waals surface area contributed by atoms with Gasteiger partial charge in [-0.05, 0) is 176 Å². The Labute approximate surface area is 424 Å². The number of nitrogens with zero attached hydrogens (tertiary/aromatic N) is 2. The maximum absolute atomic E-state index is 2.57. The van der Waals surface area contributed by atoms with Gasteiger partial charge in [-0.2, -0.15) is 0 Å². The highest BCUT2D eigenvalue weighted by Gasteiger charge is 2.46. The van der Waals surface area contributed by atoms with Crippen LogP contribution in [0.4, 0.5) is 34.1 Å². The van der Waals surface area contributed by atoms with E-state index in [2.05, 4.69) is 252 Å². The molecule has 4 aliphatic rings. The van der Waals surface area contributed by atoms with E-state index in [1.165, 1.54) is 146 Å². The van der Waals surface area contributed by atoms with Crippen LogP contribution in [0, 0.1) is 0 Å². The van der Waals surface area contributed by atoms with Gasteiger partial charge in [0.25, 0.3) is 0 Å². The fourth-order valence-electron chi connectivity index (χ4n) is 13.6. The molecule has 2 nitrogen and oxygen atoms in total. The molecule has 0 radical (unpaired) electrons. The Balaban J connectivity index is 0.835. The van der Waals surface area contributed by atoms with Gasteiger partial charge in [-0.25, -0.2) is 0 Å². The minimum Gasteiger partial charge on any atom is -0.311 e. The van der Waals surface area contributed by atoms with Crippen molar-refractivity contribution in [2.24, 2.45) is 0 Å². The second-order valence-corrected chi connectivity index (χ2v) is 20.7. The molecule has 2 heteroatoms. The van der Waals surface area contributed by atoms with E-state index in [1.807, 2.05) is 0 Å². The van der Waals surface area contributed by atoms with Gasteiger partial charge in [-0.15, -0.1) is 0 Å². The summed E-state index contributed by atoms with van der Waals surface area (Å²) in [5.74, 6) is 0. The molecule has 2 saturated carbocycles. The van der Waals surface area contributed by atoms with Crippen molar-refractivity contribution in [3.63, 3.8) is 0 Å². The van der Waals surface area contributed by atoms with Crippen molar-refractivity contribution in [2.75, 3.05) is 9.80 Å². The lowest BCUT2D eigenvalue weighted by Gasteiger charge is -2.31. The standard InChI is InChI=1S/C70H56N2/c1-3-15-49(16-4-1)51-23-31-55(32-24-51)71(56-33-25-52(26-34-56)50-17-5-2-6-18-50)57-35-27-53(28-36-57)54-29-37-58(38-30-54)72(59-39-41-63-61-19-7-9-21-65(61)69(67(63)47-59)43-11-12-44-69)60-40-42-64-62-20-8-10-22-66(62)70(68(64)48-60)45-13-14-46-70/h1-10,15-42,47-48H,11-14,43-46H2. The highest BCUT2D eigenvalue weighted by atomic mass is 15.1. The molecule has 0 aliphatic heterocycles. The third kappa shape index (κ3) is 6.91. The first-order valence-corrected chi connectivity index (χ1v) is 26.2. The Morgan fingerprint density at radius 1 is 0.222 bits per heavy atom. The maximum atomic E-state index is 2.57. The molecule has 2 spiro atoms. The predicted molar refractivity (Wildman–Crippen MR) is 301 cm³/mol. The molecule has 0 amide bonds. The molecule has 10 aromatic rings. The number of fused-ring (bicyclic) bond motifs is 10. The van der Waals surface area contributed by atoms with Gasteiger partial charge in [-0.1, -0.05) is 196 Å². The van der Waals surface area contributed by atoms with Crippen LogP contribution in [0.25, 0.3) is 55.6 Å². The van der Waals surface area contributed by atoms with Crippen LogP contribution in [0.5, 0.6) is 0 Å². The summed E-state index contributed by atoms with van der Waals surface area (Å²) >= 11 is 0. The van der Waals surface area contributed by atoms with Gasteiger partial charge < -0.3 is 9.80 Å². The molecule has 72 heavy (non-hydrogen) atoms. The number of rotatable bonds is 9. The predicted octanol–water partition coefficient (Wildman–Crippen LogP) is 19.3. The second-order valence-electron chi connectivity index (χ2n) is 20.7. The summed E-state index contributed by atoms with van der Waals surface area (Å²) in [6.45, 7) is 0. The molecular weight excluding hydrogens is 869 g/mol. The summed E-state index contributed by atoms with van der Waals surface area (Å²) in [7, 11) is 0. The Bertz CT molecular complexity index is 3400.